The molecule has 0 saturated carbocycles. The van der Waals surface area contributed by atoms with Gasteiger partial charge in [0.2, 0.25) is 0 Å². The monoisotopic (exact) mass is 230 g/mol. The van der Waals surface area contributed by atoms with Crippen LogP contribution in [0.4, 0.5) is 0 Å². The fourth-order valence-electron chi connectivity index (χ4n) is 1.31. The summed E-state index contributed by atoms with van der Waals surface area (Å²) in [5, 5.41) is 0. The first-order chi connectivity index (χ1) is 5.97. The van der Waals surface area contributed by atoms with Gasteiger partial charge in [-0.2, -0.15) is 0 Å². The quantitative estimate of drug-likeness (QED) is 0.363. The van der Waals surface area contributed by atoms with Crippen molar-refractivity contribution < 1.29 is 42.5 Å². The van der Waals surface area contributed by atoms with Gasteiger partial charge >= 0.3 is 29.6 Å². The van der Waals surface area contributed by atoms with E-state index in [1.807, 2.05) is 11.9 Å². The van der Waals surface area contributed by atoms with Crippen LogP contribution in [-0.2, 0) is 10.1 Å². The summed E-state index contributed by atoms with van der Waals surface area (Å²) in [5.74, 6) is -0.267. The van der Waals surface area contributed by atoms with Crippen LogP contribution in [0.1, 0.15) is 0 Å². The van der Waals surface area contributed by atoms with E-state index in [-0.39, 0.29) is 35.3 Å². The first-order valence-electron chi connectivity index (χ1n) is 4.32. The van der Waals surface area contributed by atoms with Crippen LogP contribution in [0.3, 0.4) is 0 Å². The number of rotatable bonds is 3. The Morgan fingerprint density at radius 1 is 1.21 bits per heavy atom. The summed E-state index contributed by atoms with van der Waals surface area (Å²) in [5.41, 5.74) is 0. The first-order valence-corrected chi connectivity index (χ1v) is 5.89. The van der Waals surface area contributed by atoms with Crippen molar-refractivity contribution in [2.24, 2.45) is 0 Å². The van der Waals surface area contributed by atoms with Crippen LogP contribution in [0.25, 0.3) is 0 Å². The van der Waals surface area contributed by atoms with E-state index in [1.54, 1.807) is 0 Å². The van der Waals surface area contributed by atoms with Crippen LogP contribution in [0, 0.1) is 0 Å². The third-order valence-electron chi connectivity index (χ3n) is 2.25. The number of nitrogens with zero attached hydrogens (tertiary/aromatic N) is 2. The fourth-order valence-corrected chi connectivity index (χ4v) is 1.79. The van der Waals surface area contributed by atoms with Gasteiger partial charge in [-0.3, -0.25) is 4.90 Å². The van der Waals surface area contributed by atoms with Crippen LogP contribution in [0.5, 0.6) is 0 Å². The van der Waals surface area contributed by atoms with Crippen molar-refractivity contribution in [1.29, 1.82) is 0 Å². The molecule has 14 heavy (non-hydrogen) atoms. The van der Waals surface area contributed by atoms with Crippen LogP contribution in [-0.4, -0.2) is 68.3 Å². The maximum Gasteiger partial charge on any atom is 1.00 e. The maximum absolute atomic E-state index is 10.3. The molecular weight excluding hydrogens is 215 g/mol. The predicted octanol–water partition coefficient (Wildman–Crippen LogP) is -4.22. The van der Waals surface area contributed by atoms with Gasteiger partial charge in [-0.15, -0.1) is 0 Å². The van der Waals surface area contributed by atoms with Gasteiger partial charge in [0.25, 0.3) is 0 Å². The first kappa shape index (κ1) is 14.8. The molecule has 0 bridgehead atoms. The molecule has 0 N–H and O–H groups in total. The minimum atomic E-state index is -4.04. The molecule has 0 spiro atoms. The molecule has 1 aliphatic heterocycles. The zero-order valence-corrected chi connectivity index (χ0v) is 11.6. The number of hydrogen-bond acceptors (Lipinski definition) is 5. The molecule has 0 aromatic heterocycles. The topological polar surface area (TPSA) is 63.7 Å². The van der Waals surface area contributed by atoms with Crippen LogP contribution >= 0.6 is 0 Å². The smallest absolute Gasteiger partial charge is 0.748 e. The number of hydrogen-bond donors (Lipinski definition) is 0. The van der Waals surface area contributed by atoms with E-state index >= 15 is 0 Å². The second-order valence-electron chi connectivity index (χ2n) is 3.41. The molecule has 0 amide bonds. The molecular formula is C7H15N2NaO3S. The second kappa shape index (κ2) is 6.42. The largest absolute Gasteiger partial charge is 1.00 e. The zero-order valence-electron chi connectivity index (χ0n) is 8.77. The predicted molar refractivity (Wildman–Crippen MR) is 48.5 cm³/mol. The van der Waals surface area contributed by atoms with E-state index in [0.717, 1.165) is 26.2 Å². The van der Waals surface area contributed by atoms with Crippen molar-refractivity contribution in [1.82, 2.24) is 9.80 Å². The fraction of sp³-hybridized carbons (Fsp3) is 1.00. The molecule has 0 aromatic carbocycles. The van der Waals surface area contributed by atoms with Crippen LogP contribution in [0.15, 0.2) is 0 Å². The van der Waals surface area contributed by atoms with Gasteiger partial charge in [-0.1, -0.05) is 0 Å². The van der Waals surface area contributed by atoms with Gasteiger partial charge in [-0.05, 0) is 7.05 Å². The molecule has 5 nitrogen and oxygen atoms in total. The standard InChI is InChI=1S/C7H16N2O3S.Na/c1-8-2-4-9(5-3-8)6-7-13(10,11)12;/h2-7H2,1H3,(H,10,11,12);/q;+1/p-1. The Bertz CT molecular complexity index is 250. The number of piperazine rings is 1. The van der Waals surface area contributed by atoms with Crippen LogP contribution < -0.4 is 29.6 Å². The van der Waals surface area contributed by atoms with E-state index in [1.165, 1.54) is 0 Å². The Morgan fingerprint density at radius 2 is 1.71 bits per heavy atom. The van der Waals surface area contributed by atoms with Crippen molar-refractivity contribution in [2.45, 2.75) is 0 Å². The third kappa shape index (κ3) is 6.34. The van der Waals surface area contributed by atoms with E-state index in [2.05, 4.69) is 4.90 Å². The van der Waals surface area contributed by atoms with E-state index in [0.29, 0.717) is 6.54 Å². The van der Waals surface area contributed by atoms with Gasteiger partial charge in [0.1, 0.15) is 0 Å². The van der Waals surface area contributed by atoms with Gasteiger partial charge in [0.15, 0.2) is 0 Å². The van der Waals surface area contributed by atoms with Gasteiger partial charge in [-0.25, -0.2) is 8.42 Å². The molecule has 1 heterocycles. The summed E-state index contributed by atoms with van der Waals surface area (Å²) in [6.07, 6.45) is 0. The molecule has 1 rings (SSSR count). The molecule has 1 saturated heterocycles. The maximum atomic E-state index is 10.3. The molecule has 1 aliphatic rings. The average molecular weight is 230 g/mol. The zero-order chi connectivity index (χ0) is 9.90. The summed E-state index contributed by atoms with van der Waals surface area (Å²) < 4.78 is 31.0. The van der Waals surface area contributed by atoms with Crippen molar-refractivity contribution in [3.63, 3.8) is 0 Å². The Labute approximate surface area is 107 Å². The molecule has 0 radical (unpaired) electrons. The van der Waals surface area contributed by atoms with Gasteiger partial charge in [0.05, 0.1) is 15.9 Å². The van der Waals surface area contributed by atoms with Crippen molar-refractivity contribution in [3.8, 4) is 0 Å². The Balaban J connectivity index is 0.00000169. The van der Waals surface area contributed by atoms with Gasteiger partial charge in [0, 0.05) is 32.7 Å². The molecule has 0 aliphatic carbocycles. The van der Waals surface area contributed by atoms with Crippen molar-refractivity contribution in [2.75, 3.05) is 45.5 Å². The second-order valence-corrected chi connectivity index (χ2v) is 4.93. The Morgan fingerprint density at radius 3 is 2.14 bits per heavy atom. The van der Waals surface area contributed by atoms with Crippen LogP contribution in [0.2, 0.25) is 0 Å². The molecule has 0 unspecified atom stereocenters. The Kier molecular flexibility index (Phi) is 6.80. The minimum Gasteiger partial charge on any atom is -0.748 e. The molecule has 7 heteroatoms. The van der Waals surface area contributed by atoms with E-state index < -0.39 is 10.1 Å². The number of likely N-dealkylation sites (N-methyl/N-ethyl adjacent to an activating group) is 1. The molecule has 0 aromatic rings. The van der Waals surface area contributed by atoms with Crippen molar-refractivity contribution in [3.05, 3.63) is 0 Å². The summed E-state index contributed by atoms with van der Waals surface area (Å²) in [4.78, 5) is 4.19. The summed E-state index contributed by atoms with van der Waals surface area (Å²) in [7, 11) is -2.01. The summed E-state index contributed by atoms with van der Waals surface area (Å²) in [6, 6.07) is 0. The average Bonchev–Trinajstić information content (AvgIpc) is 2.02. The third-order valence-corrected chi connectivity index (χ3v) is 2.94. The van der Waals surface area contributed by atoms with E-state index in [4.69, 9.17) is 0 Å². The SMILES string of the molecule is CN1CCN(CCS(=O)(=O)[O-])CC1.[Na+]. The van der Waals surface area contributed by atoms with E-state index in [9.17, 15) is 13.0 Å². The molecule has 78 valence electrons. The summed E-state index contributed by atoms with van der Waals surface area (Å²) in [6.45, 7) is 3.97. The molecule has 1 fully saturated rings. The summed E-state index contributed by atoms with van der Waals surface area (Å²) >= 11 is 0. The molecule has 0 atom stereocenters. The van der Waals surface area contributed by atoms with Gasteiger partial charge < -0.3 is 9.45 Å². The van der Waals surface area contributed by atoms with Crippen molar-refractivity contribution >= 4 is 10.1 Å². The normalized spacial score (nSPS) is 20.4. The Hall–Kier alpha value is 0.830. The minimum absolute atomic E-state index is 0.